The minimum atomic E-state index is -0.0885. The van der Waals surface area contributed by atoms with Gasteiger partial charge in [0.05, 0.1) is 11.4 Å². The van der Waals surface area contributed by atoms with Gasteiger partial charge < -0.3 is 9.88 Å². The summed E-state index contributed by atoms with van der Waals surface area (Å²) in [5, 5.41) is 15.1. The van der Waals surface area contributed by atoms with Gasteiger partial charge in [0.2, 0.25) is 0 Å². The van der Waals surface area contributed by atoms with Gasteiger partial charge in [-0.05, 0) is 29.0 Å². The first-order valence-corrected chi connectivity index (χ1v) is 10.9. The summed E-state index contributed by atoms with van der Waals surface area (Å²) in [4.78, 5) is 12.9. The molecule has 3 aromatic rings. The van der Waals surface area contributed by atoms with E-state index in [9.17, 15) is 4.79 Å². The molecule has 0 aliphatic rings. The third-order valence-corrected chi connectivity index (χ3v) is 6.06. The van der Waals surface area contributed by atoms with Crippen LogP contribution in [0.1, 0.15) is 34.9 Å². The average Bonchev–Trinajstić information content (AvgIpc) is 3.29. The predicted molar refractivity (Wildman–Crippen MR) is 111 cm³/mol. The fourth-order valence-corrected chi connectivity index (χ4v) is 4.41. The molecule has 0 atom stereocenters. The van der Waals surface area contributed by atoms with Crippen LogP contribution in [0.25, 0.3) is 0 Å². The zero-order valence-electron chi connectivity index (χ0n) is 15.2. The van der Waals surface area contributed by atoms with E-state index in [1.165, 1.54) is 11.3 Å². The van der Waals surface area contributed by atoms with Crippen molar-refractivity contribution in [2.24, 2.45) is 5.92 Å². The zero-order chi connectivity index (χ0) is 19.2. The van der Waals surface area contributed by atoms with Crippen molar-refractivity contribution in [3.8, 4) is 0 Å². The Bertz CT molecular complexity index is 893. The number of hydrogen-bond donors (Lipinski definition) is 1. The van der Waals surface area contributed by atoms with E-state index >= 15 is 0 Å². The summed E-state index contributed by atoms with van der Waals surface area (Å²) in [6.07, 6.45) is 0. The van der Waals surface area contributed by atoms with Crippen molar-refractivity contribution < 1.29 is 4.79 Å². The van der Waals surface area contributed by atoms with Gasteiger partial charge in [0, 0.05) is 17.3 Å². The highest BCUT2D eigenvalue weighted by atomic mass is 35.5. The van der Waals surface area contributed by atoms with Crippen molar-refractivity contribution in [3.63, 3.8) is 0 Å². The Morgan fingerprint density at radius 3 is 2.78 bits per heavy atom. The number of rotatable bonds is 8. The SMILES string of the molecule is CC(C)Cn1c(CNC(=O)c2cccs2)nnc1SCc1ccccc1Cl. The van der Waals surface area contributed by atoms with Crippen LogP contribution < -0.4 is 5.32 Å². The molecule has 0 aliphatic heterocycles. The van der Waals surface area contributed by atoms with E-state index in [1.807, 2.05) is 41.8 Å². The molecular weight excluding hydrogens is 400 g/mol. The third kappa shape index (κ3) is 5.34. The van der Waals surface area contributed by atoms with E-state index in [1.54, 1.807) is 11.8 Å². The number of thiophene rings is 1. The topological polar surface area (TPSA) is 59.8 Å². The smallest absolute Gasteiger partial charge is 0.261 e. The first kappa shape index (κ1) is 19.9. The molecule has 1 N–H and O–H groups in total. The van der Waals surface area contributed by atoms with E-state index in [4.69, 9.17) is 11.6 Å². The molecule has 1 aromatic carbocycles. The maximum atomic E-state index is 12.2. The van der Waals surface area contributed by atoms with Gasteiger partial charge in [-0.2, -0.15) is 0 Å². The van der Waals surface area contributed by atoms with Crippen LogP contribution in [0.15, 0.2) is 46.9 Å². The normalized spacial score (nSPS) is 11.1. The Labute approximate surface area is 172 Å². The maximum absolute atomic E-state index is 12.2. The molecule has 0 spiro atoms. The first-order valence-electron chi connectivity index (χ1n) is 8.64. The lowest BCUT2D eigenvalue weighted by Crippen LogP contribution is -2.24. The standard InChI is InChI=1S/C19H21ClN4OS2/c1-13(2)11-24-17(10-21-18(25)16-8-5-9-26-16)22-23-19(24)27-12-14-6-3-4-7-15(14)20/h3-9,13H,10-12H2,1-2H3,(H,21,25). The molecule has 5 nitrogen and oxygen atoms in total. The van der Waals surface area contributed by atoms with Crippen LogP contribution in [0.4, 0.5) is 0 Å². The molecule has 0 radical (unpaired) electrons. The highest BCUT2D eigenvalue weighted by Gasteiger charge is 2.16. The van der Waals surface area contributed by atoms with Crippen LogP contribution in [0.2, 0.25) is 5.02 Å². The minimum Gasteiger partial charge on any atom is -0.344 e. The van der Waals surface area contributed by atoms with Crippen LogP contribution in [0.3, 0.4) is 0 Å². The number of thioether (sulfide) groups is 1. The number of aromatic nitrogens is 3. The minimum absolute atomic E-state index is 0.0885. The van der Waals surface area contributed by atoms with Crippen molar-refractivity contribution in [2.45, 2.75) is 37.8 Å². The highest BCUT2D eigenvalue weighted by Crippen LogP contribution is 2.26. The molecule has 0 aliphatic carbocycles. The number of amides is 1. The molecule has 0 saturated heterocycles. The fraction of sp³-hybridized carbons (Fsp3) is 0.316. The second kappa shape index (κ2) is 9.39. The number of carbonyl (C=O) groups is 1. The van der Waals surface area contributed by atoms with Gasteiger partial charge in [-0.1, -0.05) is 61.5 Å². The lowest BCUT2D eigenvalue weighted by molar-refractivity contribution is 0.0953. The lowest BCUT2D eigenvalue weighted by Gasteiger charge is -2.13. The molecule has 2 heterocycles. The quantitative estimate of drug-likeness (QED) is 0.528. The van der Waals surface area contributed by atoms with E-state index < -0.39 is 0 Å². The summed E-state index contributed by atoms with van der Waals surface area (Å²) in [5.74, 6) is 1.83. The Morgan fingerprint density at radius 2 is 2.07 bits per heavy atom. The van der Waals surface area contributed by atoms with Crippen molar-refractivity contribution in [3.05, 3.63) is 63.1 Å². The molecule has 0 fully saturated rings. The molecule has 1 amide bonds. The molecule has 3 rings (SSSR count). The monoisotopic (exact) mass is 420 g/mol. The maximum Gasteiger partial charge on any atom is 0.261 e. The number of hydrogen-bond acceptors (Lipinski definition) is 5. The highest BCUT2D eigenvalue weighted by molar-refractivity contribution is 7.98. The van der Waals surface area contributed by atoms with Crippen molar-refractivity contribution >= 4 is 40.6 Å². The number of carbonyl (C=O) groups excluding carboxylic acids is 1. The van der Waals surface area contributed by atoms with Crippen LogP contribution in [0, 0.1) is 5.92 Å². The van der Waals surface area contributed by atoms with Gasteiger partial charge in [0.1, 0.15) is 0 Å². The van der Waals surface area contributed by atoms with E-state index in [-0.39, 0.29) is 5.91 Å². The second-order valence-corrected chi connectivity index (χ2v) is 8.74. The van der Waals surface area contributed by atoms with Crippen molar-refractivity contribution in [1.29, 1.82) is 0 Å². The van der Waals surface area contributed by atoms with Gasteiger partial charge in [0.15, 0.2) is 11.0 Å². The Balaban J connectivity index is 1.71. The fourth-order valence-electron chi connectivity index (χ4n) is 2.52. The molecule has 0 bridgehead atoms. The predicted octanol–water partition coefficient (Wildman–Crippen LogP) is 4.87. The Morgan fingerprint density at radius 1 is 1.26 bits per heavy atom. The number of halogens is 1. The summed E-state index contributed by atoms with van der Waals surface area (Å²) in [6.45, 7) is 5.44. The molecule has 142 valence electrons. The van der Waals surface area contributed by atoms with Crippen LogP contribution in [-0.4, -0.2) is 20.7 Å². The Kier molecular flexibility index (Phi) is 6.93. The van der Waals surface area contributed by atoms with Crippen molar-refractivity contribution in [1.82, 2.24) is 20.1 Å². The van der Waals surface area contributed by atoms with Gasteiger partial charge in [-0.15, -0.1) is 21.5 Å². The lowest BCUT2D eigenvalue weighted by atomic mass is 10.2. The van der Waals surface area contributed by atoms with E-state index in [2.05, 4.69) is 33.9 Å². The largest absolute Gasteiger partial charge is 0.344 e. The molecular formula is C19H21ClN4OS2. The molecule has 8 heteroatoms. The summed E-state index contributed by atoms with van der Waals surface area (Å²) < 4.78 is 2.08. The summed E-state index contributed by atoms with van der Waals surface area (Å²) in [5.41, 5.74) is 1.07. The summed E-state index contributed by atoms with van der Waals surface area (Å²) in [7, 11) is 0. The molecule has 0 saturated carbocycles. The molecule has 2 aromatic heterocycles. The zero-order valence-corrected chi connectivity index (χ0v) is 17.6. The van der Waals surface area contributed by atoms with E-state index in [0.717, 1.165) is 33.9 Å². The van der Waals surface area contributed by atoms with Crippen molar-refractivity contribution in [2.75, 3.05) is 0 Å². The third-order valence-electron chi connectivity index (χ3n) is 3.81. The second-order valence-electron chi connectivity index (χ2n) is 6.44. The van der Waals surface area contributed by atoms with Gasteiger partial charge in [0.25, 0.3) is 5.91 Å². The molecule has 27 heavy (non-hydrogen) atoms. The van der Waals surface area contributed by atoms with Crippen LogP contribution >= 0.6 is 34.7 Å². The summed E-state index contributed by atoms with van der Waals surface area (Å²) in [6, 6.07) is 11.5. The van der Waals surface area contributed by atoms with Gasteiger partial charge in [-0.25, -0.2) is 0 Å². The number of nitrogens with zero attached hydrogens (tertiary/aromatic N) is 3. The Hall–Kier alpha value is -1.83. The van der Waals surface area contributed by atoms with E-state index in [0.29, 0.717) is 17.3 Å². The number of benzene rings is 1. The van der Waals surface area contributed by atoms with Crippen LogP contribution in [-0.2, 0) is 18.8 Å². The number of nitrogens with one attached hydrogen (secondary N) is 1. The molecule has 0 unspecified atom stereocenters. The van der Waals surface area contributed by atoms with Crippen LogP contribution in [0.5, 0.6) is 0 Å². The first-order chi connectivity index (χ1) is 13.0. The van der Waals surface area contributed by atoms with Gasteiger partial charge in [-0.3, -0.25) is 4.79 Å². The average molecular weight is 421 g/mol. The summed E-state index contributed by atoms with van der Waals surface area (Å²) >= 11 is 9.28. The van der Waals surface area contributed by atoms with Gasteiger partial charge >= 0.3 is 0 Å².